The van der Waals surface area contributed by atoms with Crippen molar-refractivity contribution in [2.24, 2.45) is 0 Å². The lowest BCUT2D eigenvalue weighted by atomic mass is 10.1. The van der Waals surface area contributed by atoms with Crippen molar-refractivity contribution in [2.75, 3.05) is 5.32 Å². The molecule has 1 aromatic carbocycles. The second kappa shape index (κ2) is 6.79. The maximum Gasteiger partial charge on any atom is 0.267 e. The van der Waals surface area contributed by atoms with E-state index in [-0.39, 0.29) is 23.3 Å². The summed E-state index contributed by atoms with van der Waals surface area (Å²) in [5.41, 5.74) is 0.822. The van der Waals surface area contributed by atoms with Gasteiger partial charge in [0.25, 0.3) is 11.3 Å². The molecule has 0 bridgehead atoms. The van der Waals surface area contributed by atoms with Gasteiger partial charge in [-0.2, -0.15) is 0 Å². The summed E-state index contributed by atoms with van der Waals surface area (Å²) in [4.78, 5) is 32.9. The van der Waals surface area contributed by atoms with Gasteiger partial charge in [-0.15, -0.1) is 0 Å². The zero-order valence-corrected chi connectivity index (χ0v) is 13.8. The highest BCUT2D eigenvalue weighted by molar-refractivity contribution is 5.91. The Bertz CT molecular complexity index is 1170. The Kier molecular flexibility index (Phi) is 4.17. The van der Waals surface area contributed by atoms with Crippen LogP contribution in [0.25, 0.3) is 22.4 Å². The molecule has 9 heteroatoms. The number of fused-ring (bicyclic) bond motifs is 1. The van der Waals surface area contributed by atoms with Gasteiger partial charge in [-0.25, -0.2) is 9.37 Å². The number of nitrogens with one attached hydrogen (secondary N) is 1. The first-order chi connectivity index (χ1) is 13.1. The summed E-state index contributed by atoms with van der Waals surface area (Å²) in [5.74, 6) is -0.819. The Hall–Kier alpha value is -3.88. The predicted molar refractivity (Wildman–Crippen MR) is 94.3 cm³/mol. The van der Waals surface area contributed by atoms with Gasteiger partial charge in [-0.05, 0) is 36.4 Å². The molecule has 0 atom stereocenters. The average molecular weight is 365 g/mol. The van der Waals surface area contributed by atoms with Gasteiger partial charge < -0.3 is 9.84 Å². The molecular weight excluding hydrogens is 353 g/mol. The van der Waals surface area contributed by atoms with E-state index in [2.05, 4.69) is 20.4 Å². The molecule has 0 unspecified atom stereocenters. The Morgan fingerprint density at radius 3 is 2.78 bits per heavy atom. The fraction of sp³-hybridized carbons (Fsp3) is 0.0556. The molecule has 0 saturated heterocycles. The highest BCUT2D eigenvalue weighted by Gasteiger charge is 2.18. The van der Waals surface area contributed by atoms with Gasteiger partial charge in [0, 0.05) is 11.8 Å². The number of halogens is 1. The third-order valence-corrected chi connectivity index (χ3v) is 3.84. The summed E-state index contributed by atoms with van der Waals surface area (Å²) in [6.07, 6.45) is 4.29. The smallest absolute Gasteiger partial charge is 0.267 e. The van der Waals surface area contributed by atoms with Crippen LogP contribution in [0.5, 0.6) is 0 Å². The lowest BCUT2D eigenvalue weighted by Gasteiger charge is -2.06. The molecule has 0 aliphatic heterocycles. The molecule has 8 nitrogen and oxygen atoms in total. The molecule has 0 aliphatic carbocycles. The van der Waals surface area contributed by atoms with Crippen LogP contribution in [0.4, 0.5) is 10.1 Å². The number of amides is 1. The second-order valence-corrected chi connectivity index (χ2v) is 5.69. The summed E-state index contributed by atoms with van der Waals surface area (Å²) >= 11 is 0. The fourth-order valence-electron chi connectivity index (χ4n) is 2.59. The minimum absolute atomic E-state index is 0.0447. The van der Waals surface area contributed by atoms with Crippen LogP contribution in [0.15, 0.2) is 64.4 Å². The largest absolute Gasteiger partial charge is 0.335 e. The lowest BCUT2D eigenvalue weighted by Crippen LogP contribution is -2.27. The maximum absolute atomic E-state index is 13.1. The molecule has 4 rings (SSSR count). The lowest BCUT2D eigenvalue weighted by molar-refractivity contribution is -0.116. The van der Waals surface area contributed by atoms with Crippen LogP contribution in [0.3, 0.4) is 0 Å². The molecular formula is C18H12FN5O3. The number of anilines is 1. The number of nitrogens with zero attached hydrogens (tertiary/aromatic N) is 4. The van der Waals surface area contributed by atoms with Crippen molar-refractivity contribution >= 4 is 22.7 Å². The van der Waals surface area contributed by atoms with Crippen LogP contribution in [0.2, 0.25) is 0 Å². The van der Waals surface area contributed by atoms with E-state index in [1.165, 1.54) is 36.8 Å². The van der Waals surface area contributed by atoms with Gasteiger partial charge in [0.15, 0.2) is 0 Å². The molecule has 1 N–H and O–H groups in total. The van der Waals surface area contributed by atoms with Crippen LogP contribution < -0.4 is 10.9 Å². The van der Waals surface area contributed by atoms with E-state index >= 15 is 0 Å². The van der Waals surface area contributed by atoms with Gasteiger partial charge in [0.1, 0.15) is 29.8 Å². The van der Waals surface area contributed by atoms with Crippen LogP contribution in [-0.2, 0) is 11.3 Å². The molecule has 3 aromatic heterocycles. The van der Waals surface area contributed by atoms with Crippen molar-refractivity contribution in [2.45, 2.75) is 6.54 Å². The first-order valence-corrected chi connectivity index (χ1v) is 7.92. The maximum atomic E-state index is 13.1. The molecule has 0 fully saturated rings. The number of rotatable bonds is 4. The molecule has 0 radical (unpaired) electrons. The minimum Gasteiger partial charge on any atom is -0.335 e. The molecule has 4 aromatic rings. The Morgan fingerprint density at radius 2 is 2.04 bits per heavy atom. The predicted octanol–water partition coefficient (Wildman–Crippen LogP) is 2.22. The van der Waals surface area contributed by atoms with Crippen molar-refractivity contribution in [1.29, 1.82) is 0 Å². The molecule has 0 spiro atoms. The molecule has 0 aliphatic rings. The highest BCUT2D eigenvalue weighted by atomic mass is 19.1. The van der Waals surface area contributed by atoms with Crippen molar-refractivity contribution in [1.82, 2.24) is 19.7 Å². The normalized spacial score (nSPS) is 10.9. The fourth-order valence-corrected chi connectivity index (χ4v) is 2.59. The van der Waals surface area contributed by atoms with E-state index in [9.17, 15) is 14.0 Å². The van der Waals surface area contributed by atoms with E-state index in [1.54, 1.807) is 18.3 Å². The number of pyridine rings is 1. The van der Waals surface area contributed by atoms with Gasteiger partial charge >= 0.3 is 0 Å². The Balaban J connectivity index is 1.67. The zero-order chi connectivity index (χ0) is 18.8. The van der Waals surface area contributed by atoms with Crippen molar-refractivity contribution in [3.63, 3.8) is 0 Å². The SMILES string of the molecule is O=C(Cn1cnc2onc(-c3ccc(F)cc3)c2c1=O)Nc1cccnc1. The van der Waals surface area contributed by atoms with E-state index in [1.807, 2.05) is 0 Å². The van der Waals surface area contributed by atoms with E-state index in [0.717, 1.165) is 4.57 Å². The summed E-state index contributed by atoms with van der Waals surface area (Å²) in [7, 11) is 0. The summed E-state index contributed by atoms with van der Waals surface area (Å²) in [6.45, 7) is -0.245. The number of carbonyl (C=O) groups is 1. The van der Waals surface area contributed by atoms with Gasteiger partial charge in [-0.3, -0.25) is 19.1 Å². The van der Waals surface area contributed by atoms with Crippen LogP contribution >= 0.6 is 0 Å². The summed E-state index contributed by atoms with van der Waals surface area (Å²) in [5, 5.41) is 6.63. The molecule has 27 heavy (non-hydrogen) atoms. The molecule has 1 amide bonds. The summed E-state index contributed by atoms with van der Waals surface area (Å²) in [6, 6.07) is 8.85. The molecule has 3 heterocycles. The van der Waals surface area contributed by atoms with Gasteiger partial charge in [0.2, 0.25) is 5.91 Å². The third-order valence-electron chi connectivity index (χ3n) is 3.84. The quantitative estimate of drug-likeness (QED) is 0.595. The molecule has 134 valence electrons. The number of carbonyl (C=O) groups excluding carboxylic acids is 1. The van der Waals surface area contributed by atoms with Crippen molar-refractivity contribution < 1.29 is 13.7 Å². The number of aromatic nitrogens is 4. The van der Waals surface area contributed by atoms with Crippen LogP contribution in [-0.4, -0.2) is 25.6 Å². The van der Waals surface area contributed by atoms with Crippen LogP contribution in [0.1, 0.15) is 0 Å². The van der Waals surface area contributed by atoms with Crippen LogP contribution in [0, 0.1) is 5.82 Å². The second-order valence-electron chi connectivity index (χ2n) is 5.69. The first-order valence-electron chi connectivity index (χ1n) is 7.92. The Morgan fingerprint density at radius 1 is 1.22 bits per heavy atom. The average Bonchev–Trinajstić information content (AvgIpc) is 3.10. The summed E-state index contributed by atoms with van der Waals surface area (Å²) < 4.78 is 19.4. The number of hydrogen-bond donors (Lipinski definition) is 1. The number of benzene rings is 1. The standard InChI is InChI=1S/C18H12FN5O3/c19-12-5-3-11(4-6-12)16-15-17(27-23-16)21-10-24(18(15)26)9-14(25)22-13-2-1-7-20-8-13/h1-8,10H,9H2,(H,22,25). The Labute approximate surface area is 151 Å². The highest BCUT2D eigenvalue weighted by Crippen LogP contribution is 2.24. The molecule has 0 saturated carbocycles. The van der Waals surface area contributed by atoms with E-state index in [4.69, 9.17) is 4.52 Å². The minimum atomic E-state index is -0.484. The van der Waals surface area contributed by atoms with Crippen molar-refractivity contribution in [3.05, 3.63) is 71.3 Å². The van der Waals surface area contributed by atoms with Gasteiger partial charge in [-0.1, -0.05) is 5.16 Å². The first kappa shape index (κ1) is 16.6. The third kappa shape index (κ3) is 3.30. The zero-order valence-electron chi connectivity index (χ0n) is 13.8. The number of hydrogen-bond acceptors (Lipinski definition) is 6. The van der Waals surface area contributed by atoms with Crippen molar-refractivity contribution in [3.8, 4) is 11.3 Å². The van der Waals surface area contributed by atoms with E-state index < -0.39 is 17.3 Å². The monoisotopic (exact) mass is 365 g/mol. The van der Waals surface area contributed by atoms with E-state index in [0.29, 0.717) is 11.3 Å². The van der Waals surface area contributed by atoms with Gasteiger partial charge in [0.05, 0.1) is 11.9 Å². The topological polar surface area (TPSA) is 103 Å².